The van der Waals surface area contributed by atoms with Gasteiger partial charge >= 0.3 is 5.69 Å². The Hall–Kier alpha value is -3.43. The smallest absolute Gasteiger partial charge is 0.310 e. The Labute approximate surface area is 174 Å². The van der Waals surface area contributed by atoms with Crippen LogP contribution in [0.25, 0.3) is 0 Å². The second-order valence-corrected chi connectivity index (χ2v) is 7.44. The summed E-state index contributed by atoms with van der Waals surface area (Å²) in [6.45, 7) is 0. The Balaban J connectivity index is 1.54. The predicted molar refractivity (Wildman–Crippen MR) is 113 cm³/mol. The number of rotatable bonds is 7. The van der Waals surface area contributed by atoms with E-state index >= 15 is 0 Å². The average Bonchev–Trinajstić information content (AvgIpc) is 2.74. The van der Waals surface area contributed by atoms with Crippen LogP contribution in [0.1, 0.15) is 36.0 Å². The van der Waals surface area contributed by atoms with Gasteiger partial charge in [-0.25, -0.2) is 4.98 Å². The lowest BCUT2D eigenvalue weighted by Gasteiger charge is -2.29. The van der Waals surface area contributed by atoms with E-state index in [4.69, 9.17) is 4.74 Å². The molecule has 0 unspecified atom stereocenters. The van der Waals surface area contributed by atoms with Crippen LogP contribution in [0.2, 0.25) is 0 Å². The van der Waals surface area contributed by atoms with Gasteiger partial charge in [0.25, 0.3) is 5.91 Å². The van der Waals surface area contributed by atoms with Gasteiger partial charge in [-0.2, -0.15) is 4.98 Å². The molecule has 10 heteroatoms. The van der Waals surface area contributed by atoms with Crippen molar-refractivity contribution in [3.63, 3.8) is 0 Å². The highest BCUT2D eigenvalue weighted by Crippen LogP contribution is 2.28. The molecule has 30 heavy (non-hydrogen) atoms. The van der Waals surface area contributed by atoms with Gasteiger partial charge in [0.2, 0.25) is 5.95 Å². The molecule has 2 aromatic rings. The first-order chi connectivity index (χ1) is 14.4. The average molecular weight is 414 g/mol. The highest BCUT2D eigenvalue weighted by atomic mass is 16.6. The first kappa shape index (κ1) is 21.3. The molecule has 0 atom stereocenters. The second kappa shape index (κ2) is 9.38. The third-order valence-corrected chi connectivity index (χ3v) is 5.13. The van der Waals surface area contributed by atoms with Crippen LogP contribution in [-0.4, -0.2) is 54.1 Å². The molecule has 160 valence electrons. The van der Waals surface area contributed by atoms with E-state index in [2.05, 4.69) is 20.6 Å². The lowest BCUT2D eigenvalue weighted by molar-refractivity contribution is -0.385. The minimum absolute atomic E-state index is 0.0470. The zero-order chi connectivity index (χ0) is 21.7. The number of nitrogens with one attached hydrogen (secondary N) is 2. The SMILES string of the molecule is COc1cc(C(=O)N[C@H]2CC[C@@H](Nc3nccc(N(C)C)n3)CC2)ccc1[N+](=O)[O-]. The molecule has 1 saturated carbocycles. The Morgan fingerprint density at radius 1 is 1.20 bits per heavy atom. The molecular formula is C20H26N6O4. The summed E-state index contributed by atoms with van der Waals surface area (Å²) in [5, 5.41) is 17.4. The number of carbonyl (C=O) groups is 1. The predicted octanol–water partition coefficient (Wildman–Crippen LogP) is 2.61. The van der Waals surface area contributed by atoms with Crippen LogP contribution in [0.3, 0.4) is 0 Å². The molecule has 1 aliphatic carbocycles. The third kappa shape index (κ3) is 5.13. The third-order valence-electron chi connectivity index (χ3n) is 5.13. The summed E-state index contributed by atoms with van der Waals surface area (Å²) >= 11 is 0. The molecule has 0 bridgehead atoms. The van der Waals surface area contributed by atoms with E-state index in [1.807, 2.05) is 25.1 Å². The summed E-state index contributed by atoms with van der Waals surface area (Å²) in [5.41, 5.74) is 0.174. The van der Waals surface area contributed by atoms with Gasteiger partial charge in [-0.15, -0.1) is 0 Å². The van der Waals surface area contributed by atoms with Crippen LogP contribution in [-0.2, 0) is 0 Å². The normalized spacial score (nSPS) is 18.4. The van der Waals surface area contributed by atoms with Crippen LogP contribution in [0.4, 0.5) is 17.5 Å². The molecule has 3 rings (SSSR count). The fourth-order valence-electron chi connectivity index (χ4n) is 3.47. The van der Waals surface area contributed by atoms with Gasteiger partial charge in [0.1, 0.15) is 5.82 Å². The molecule has 0 spiro atoms. The number of benzene rings is 1. The molecular weight excluding hydrogens is 388 g/mol. The van der Waals surface area contributed by atoms with Gasteiger partial charge in [0, 0.05) is 50.1 Å². The minimum atomic E-state index is -0.535. The van der Waals surface area contributed by atoms with Crippen molar-refractivity contribution in [2.75, 3.05) is 31.4 Å². The quantitative estimate of drug-likeness (QED) is 0.524. The highest BCUT2D eigenvalue weighted by molar-refractivity contribution is 5.95. The maximum atomic E-state index is 12.6. The summed E-state index contributed by atoms with van der Waals surface area (Å²) in [7, 11) is 5.21. The maximum Gasteiger partial charge on any atom is 0.310 e. The molecule has 1 amide bonds. The van der Waals surface area contributed by atoms with Gasteiger partial charge in [0.05, 0.1) is 12.0 Å². The van der Waals surface area contributed by atoms with Gasteiger partial charge < -0.3 is 20.3 Å². The zero-order valence-corrected chi connectivity index (χ0v) is 17.3. The van der Waals surface area contributed by atoms with Gasteiger partial charge in [-0.1, -0.05) is 0 Å². The maximum absolute atomic E-state index is 12.6. The number of nitro groups is 1. The molecule has 2 N–H and O–H groups in total. The van der Waals surface area contributed by atoms with Crippen molar-refractivity contribution in [2.45, 2.75) is 37.8 Å². The van der Waals surface area contributed by atoms with E-state index in [0.717, 1.165) is 31.5 Å². The monoisotopic (exact) mass is 414 g/mol. The minimum Gasteiger partial charge on any atom is -0.490 e. The van der Waals surface area contributed by atoms with Crippen LogP contribution in [0, 0.1) is 10.1 Å². The van der Waals surface area contributed by atoms with E-state index in [9.17, 15) is 14.9 Å². The van der Waals surface area contributed by atoms with Crippen molar-refractivity contribution in [3.05, 3.63) is 46.1 Å². The number of nitrogens with zero attached hydrogens (tertiary/aromatic N) is 4. The van der Waals surface area contributed by atoms with E-state index < -0.39 is 4.92 Å². The van der Waals surface area contributed by atoms with Crippen molar-refractivity contribution in [1.29, 1.82) is 0 Å². The second-order valence-electron chi connectivity index (χ2n) is 7.44. The first-order valence-corrected chi connectivity index (χ1v) is 9.77. The Morgan fingerprint density at radius 3 is 2.53 bits per heavy atom. The largest absolute Gasteiger partial charge is 0.490 e. The van der Waals surface area contributed by atoms with Gasteiger partial charge in [-0.05, 0) is 37.8 Å². The number of ether oxygens (including phenoxy) is 1. The molecule has 10 nitrogen and oxygen atoms in total. The number of anilines is 2. The lowest BCUT2D eigenvalue weighted by atomic mass is 9.91. The topological polar surface area (TPSA) is 123 Å². The fourth-order valence-corrected chi connectivity index (χ4v) is 3.47. The Morgan fingerprint density at radius 2 is 1.90 bits per heavy atom. The van der Waals surface area contributed by atoms with Gasteiger partial charge in [-0.3, -0.25) is 14.9 Å². The van der Waals surface area contributed by atoms with E-state index in [-0.39, 0.29) is 29.4 Å². The summed E-state index contributed by atoms with van der Waals surface area (Å²) < 4.78 is 5.04. The van der Waals surface area contributed by atoms with Crippen molar-refractivity contribution in [1.82, 2.24) is 15.3 Å². The van der Waals surface area contributed by atoms with E-state index in [1.165, 1.54) is 25.3 Å². The lowest BCUT2D eigenvalue weighted by Crippen LogP contribution is -2.40. The molecule has 1 heterocycles. The van der Waals surface area contributed by atoms with E-state index in [0.29, 0.717) is 11.5 Å². The zero-order valence-electron chi connectivity index (χ0n) is 17.3. The number of hydrogen-bond donors (Lipinski definition) is 2. The number of aromatic nitrogens is 2. The van der Waals surface area contributed by atoms with Crippen molar-refractivity contribution >= 4 is 23.4 Å². The molecule has 0 radical (unpaired) electrons. The molecule has 0 saturated heterocycles. The van der Waals surface area contributed by atoms with Crippen LogP contribution in [0.15, 0.2) is 30.5 Å². The molecule has 1 aromatic carbocycles. The van der Waals surface area contributed by atoms with E-state index in [1.54, 1.807) is 6.20 Å². The molecule has 1 aliphatic rings. The Bertz CT molecular complexity index is 912. The number of amides is 1. The summed E-state index contributed by atoms with van der Waals surface area (Å²) in [6.07, 6.45) is 5.13. The molecule has 0 aliphatic heterocycles. The first-order valence-electron chi connectivity index (χ1n) is 9.77. The van der Waals surface area contributed by atoms with Crippen molar-refractivity contribution < 1.29 is 14.5 Å². The standard InChI is InChI=1S/C20H26N6O4/c1-25(2)18-10-11-21-20(24-18)23-15-7-5-14(6-8-15)22-19(27)13-4-9-16(26(28)29)17(12-13)30-3/h4,9-12,14-15H,5-8H2,1-3H3,(H,22,27)(H,21,23,24)/t14-,15+. The number of carbonyl (C=O) groups excluding carboxylic acids is 1. The number of methoxy groups -OCH3 is 1. The Kier molecular flexibility index (Phi) is 6.65. The summed E-state index contributed by atoms with van der Waals surface area (Å²) in [6, 6.07) is 6.27. The molecule has 1 aromatic heterocycles. The fraction of sp³-hybridized carbons (Fsp3) is 0.450. The molecule has 1 fully saturated rings. The summed E-state index contributed by atoms with van der Waals surface area (Å²) in [5.74, 6) is 1.25. The van der Waals surface area contributed by atoms with Crippen LogP contribution < -0.4 is 20.3 Å². The van der Waals surface area contributed by atoms with Crippen molar-refractivity contribution in [3.8, 4) is 5.75 Å². The van der Waals surface area contributed by atoms with Crippen LogP contribution in [0.5, 0.6) is 5.75 Å². The van der Waals surface area contributed by atoms with Crippen molar-refractivity contribution in [2.24, 2.45) is 0 Å². The van der Waals surface area contributed by atoms with Gasteiger partial charge in [0.15, 0.2) is 5.75 Å². The highest BCUT2D eigenvalue weighted by Gasteiger charge is 2.24. The summed E-state index contributed by atoms with van der Waals surface area (Å²) in [4.78, 5) is 33.7. The van der Waals surface area contributed by atoms with Crippen LogP contribution >= 0.6 is 0 Å². The number of nitro benzene ring substituents is 1. The number of hydrogen-bond acceptors (Lipinski definition) is 8.